The van der Waals surface area contributed by atoms with Gasteiger partial charge >= 0.3 is 5.97 Å². The molecular weight excluding hydrogens is 160 g/mol. The number of rotatable bonds is 2. The summed E-state index contributed by atoms with van der Waals surface area (Å²) in [5.74, 6) is -1.92. The van der Waals surface area contributed by atoms with E-state index < -0.39 is 17.8 Å². The Bertz CT molecular complexity index is 225. The van der Waals surface area contributed by atoms with Crippen molar-refractivity contribution in [2.75, 3.05) is 0 Å². The third kappa shape index (κ3) is 0.876. The second-order valence-corrected chi connectivity index (χ2v) is 3.37. The molecule has 2 unspecified atom stereocenters. The van der Waals surface area contributed by atoms with Crippen LogP contribution in [0.4, 0.5) is 0 Å². The van der Waals surface area contributed by atoms with E-state index in [0.717, 1.165) is 19.1 Å². The van der Waals surface area contributed by atoms with Crippen molar-refractivity contribution in [1.29, 1.82) is 0 Å². The van der Waals surface area contributed by atoms with E-state index in [-0.39, 0.29) is 12.2 Å². The lowest BCUT2D eigenvalue weighted by atomic mass is 9.80. The fraction of sp³-hybridized carbons (Fsp3) is 0.750. The van der Waals surface area contributed by atoms with E-state index in [4.69, 9.17) is 9.84 Å². The number of aliphatic carboxylic acids is 1. The average Bonchev–Trinajstić information content (AvgIpc) is 2.60. The first kappa shape index (κ1) is 7.73. The second-order valence-electron chi connectivity index (χ2n) is 3.37. The maximum Gasteiger partial charge on any atom is 0.309 e. The number of hydrogen-bond acceptors (Lipinski definition) is 3. The Labute approximate surface area is 69.5 Å². The first-order chi connectivity index (χ1) is 5.74. The summed E-state index contributed by atoms with van der Waals surface area (Å²) in [6.07, 6.45) is 1.99. The van der Waals surface area contributed by atoms with Crippen LogP contribution in [-0.2, 0) is 14.3 Å². The summed E-state index contributed by atoms with van der Waals surface area (Å²) >= 11 is 0. The summed E-state index contributed by atoms with van der Waals surface area (Å²) in [4.78, 5) is 21.3. The quantitative estimate of drug-likeness (QED) is 0.595. The average molecular weight is 170 g/mol. The Balaban J connectivity index is 2.21. The maximum atomic E-state index is 10.7. The molecule has 0 aliphatic carbocycles. The first-order valence-corrected chi connectivity index (χ1v) is 4.07. The van der Waals surface area contributed by atoms with E-state index in [1.807, 2.05) is 0 Å². The molecule has 2 fully saturated rings. The van der Waals surface area contributed by atoms with Gasteiger partial charge in [-0.2, -0.15) is 0 Å². The largest absolute Gasteiger partial charge is 0.481 e. The van der Waals surface area contributed by atoms with Gasteiger partial charge in [0.15, 0.2) is 0 Å². The third-order valence-corrected chi connectivity index (χ3v) is 2.77. The smallest absolute Gasteiger partial charge is 0.309 e. The summed E-state index contributed by atoms with van der Waals surface area (Å²) in [5.41, 5.74) is 0. The number of hydrogen-bond donors (Lipinski definition) is 1. The molecule has 0 aromatic carbocycles. The molecule has 2 bridgehead atoms. The number of carbonyl (C=O) groups is 2. The van der Waals surface area contributed by atoms with E-state index in [9.17, 15) is 9.59 Å². The van der Waals surface area contributed by atoms with Gasteiger partial charge in [0.1, 0.15) is 6.29 Å². The molecule has 2 saturated heterocycles. The summed E-state index contributed by atoms with van der Waals surface area (Å²) in [5, 5.41) is 8.80. The Hall–Kier alpha value is -0.900. The number of fused-ring (bicyclic) bond motifs is 2. The lowest BCUT2D eigenvalue weighted by molar-refractivity contribution is -0.145. The Morgan fingerprint density at radius 3 is 2.58 bits per heavy atom. The van der Waals surface area contributed by atoms with E-state index in [0.29, 0.717) is 0 Å². The standard InChI is InChI=1S/C8H10O4/c9-3-4-5-1-2-6(12-5)7(4)8(10)11/h3-7H,1-2H2,(H,10,11)/t4?,5-,6+,7?/m0/s1. The molecule has 1 N–H and O–H groups in total. The van der Waals surface area contributed by atoms with Crippen molar-refractivity contribution < 1.29 is 19.4 Å². The molecule has 4 heteroatoms. The fourth-order valence-electron chi connectivity index (χ4n) is 2.21. The van der Waals surface area contributed by atoms with Gasteiger partial charge in [-0.25, -0.2) is 0 Å². The minimum atomic E-state index is -0.903. The van der Waals surface area contributed by atoms with Gasteiger partial charge in [-0.1, -0.05) is 0 Å². The number of carbonyl (C=O) groups excluding carboxylic acids is 1. The second kappa shape index (κ2) is 2.55. The van der Waals surface area contributed by atoms with Crippen LogP contribution in [-0.4, -0.2) is 29.6 Å². The zero-order valence-corrected chi connectivity index (χ0v) is 6.47. The van der Waals surface area contributed by atoms with Crippen LogP contribution in [0.3, 0.4) is 0 Å². The molecule has 0 radical (unpaired) electrons. The number of carboxylic acids is 1. The predicted octanol–water partition coefficient (Wildman–Crippen LogP) is 0.0635. The zero-order valence-electron chi connectivity index (χ0n) is 6.47. The van der Waals surface area contributed by atoms with E-state index in [2.05, 4.69) is 0 Å². The monoisotopic (exact) mass is 170 g/mol. The highest BCUT2D eigenvalue weighted by Crippen LogP contribution is 2.42. The van der Waals surface area contributed by atoms with Crippen LogP contribution in [0.25, 0.3) is 0 Å². The van der Waals surface area contributed by atoms with Gasteiger partial charge in [0.2, 0.25) is 0 Å². The minimum Gasteiger partial charge on any atom is -0.481 e. The van der Waals surface area contributed by atoms with Crippen molar-refractivity contribution in [3.8, 4) is 0 Å². The van der Waals surface area contributed by atoms with Crippen molar-refractivity contribution in [2.45, 2.75) is 25.0 Å². The van der Waals surface area contributed by atoms with Crippen LogP contribution in [0.5, 0.6) is 0 Å². The van der Waals surface area contributed by atoms with Gasteiger partial charge in [-0.15, -0.1) is 0 Å². The molecular formula is C8H10O4. The maximum absolute atomic E-state index is 10.7. The molecule has 2 heterocycles. The normalized spacial score (nSPS) is 44.7. The molecule has 4 atom stereocenters. The van der Waals surface area contributed by atoms with Crippen molar-refractivity contribution >= 4 is 12.3 Å². The Morgan fingerprint density at radius 2 is 2.08 bits per heavy atom. The van der Waals surface area contributed by atoms with Gasteiger partial charge < -0.3 is 14.6 Å². The molecule has 66 valence electrons. The van der Waals surface area contributed by atoms with Crippen molar-refractivity contribution in [3.63, 3.8) is 0 Å². The highest BCUT2D eigenvalue weighted by molar-refractivity contribution is 5.77. The van der Waals surface area contributed by atoms with E-state index in [1.165, 1.54) is 0 Å². The van der Waals surface area contributed by atoms with Gasteiger partial charge in [0, 0.05) is 0 Å². The lowest BCUT2D eigenvalue weighted by Crippen LogP contribution is -2.34. The van der Waals surface area contributed by atoms with Crippen LogP contribution in [0, 0.1) is 11.8 Å². The molecule has 0 saturated carbocycles. The molecule has 0 amide bonds. The molecule has 2 aliphatic rings. The molecule has 0 aromatic heterocycles. The molecule has 2 rings (SSSR count). The highest BCUT2D eigenvalue weighted by atomic mass is 16.5. The predicted molar refractivity (Wildman–Crippen MR) is 38.6 cm³/mol. The highest BCUT2D eigenvalue weighted by Gasteiger charge is 2.52. The van der Waals surface area contributed by atoms with Crippen LogP contribution in [0.1, 0.15) is 12.8 Å². The zero-order chi connectivity index (χ0) is 8.72. The van der Waals surface area contributed by atoms with E-state index in [1.54, 1.807) is 0 Å². The summed E-state index contributed by atoms with van der Waals surface area (Å²) in [6, 6.07) is 0. The van der Waals surface area contributed by atoms with Gasteiger partial charge in [-0.05, 0) is 12.8 Å². The molecule has 0 aromatic rings. The van der Waals surface area contributed by atoms with E-state index >= 15 is 0 Å². The molecule has 2 aliphatic heterocycles. The number of carboxylic acid groups (broad SMARTS) is 1. The SMILES string of the molecule is O=CC1C(C(=O)O)[C@H]2CC[C@@H]1O2. The fourth-order valence-corrected chi connectivity index (χ4v) is 2.21. The number of aldehydes is 1. The van der Waals surface area contributed by atoms with Gasteiger partial charge in [0.05, 0.1) is 24.0 Å². The first-order valence-electron chi connectivity index (χ1n) is 4.07. The number of ether oxygens (including phenoxy) is 1. The van der Waals surface area contributed by atoms with Crippen LogP contribution in [0.15, 0.2) is 0 Å². The summed E-state index contributed by atoms with van der Waals surface area (Å²) in [7, 11) is 0. The van der Waals surface area contributed by atoms with Gasteiger partial charge in [0.25, 0.3) is 0 Å². The summed E-state index contributed by atoms with van der Waals surface area (Å²) in [6.45, 7) is 0. The third-order valence-electron chi connectivity index (χ3n) is 2.77. The Morgan fingerprint density at radius 1 is 1.42 bits per heavy atom. The van der Waals surface area contributed by atoms with Crippen molar-refractivity contribution in [3.05, 3.63) is 0 Å². The lowest BCUT2D eigenvalue weighted by Gasteiger charge is -2.19. The van der Waals surface area contributed by atoms with Crippen LogP contribution >= 0.6 is 0 Å². The molecule has 0 spiro atoms. The Kier molecular flexibility index (Phi) is 1.65. The molecule has 4 nitrogen and oxygen atoms in total. The summed E-state index contributed by atoms with van der Waals surface area (Å²) < 4.78 is 5.34. The van der Waals surface area contributed by atoms with Crippen molar-refractivity contribution in [2.24, 2.45) is 11.8 Å². The minimum absolute atomic E-state index is 0.131. The van der Waals surface area contributed by atoms with Crippen LogP contribution < -0.4 is 0 Å². The van der Waals surface area contributed by atoms with Crippen LogP contribution in [0.2, 0.25) is 0 Å². The topological polar surface area (TPSA) is 63.6 Å². The van der Waals surface area contributed by atoms with Gasteiger partial charge in [-0.3, -0.25) is 4.79 Å². The van der Waals surface area contributed by atoms with Crippen molar-refractivity contribution in [1.82, 2.24) is 0 Å². The molecule has 12 heavy (non-hydrogen) atoms.